The maximum absolute atomic E-state index is 11.3. The minimum atomic E-state index is 0.0311. The maximum Gasteiger partial charge on any atom is 0.220 e. The molecule has 166 valence electrons. The summed E-state index contributed by atoms with van der Waals surface area (Å²) in [6.07, 6.45) is 4.07. The summed E-state index contributed by atoms with van der Waals surface area (Å²) in [6, 6.07) is 20.7. The predicted octanol–water partition coefficient (Wildman–Crippen LogP) is 5.87. The van der Waals surface area contributed by atoms with Gasteiger partial charge in [0.25, 0.3) is 0 Å². The predicted molar refractivity (Wildman–Crippen MR) is 127 cm³/mol. The molecule has 1 unspecified atom stereocenters. The third-order valence-electron chi connectivity index (χ3n) is 4.17. The number of hydrogen-bond donors (Lipinski definition) is 2. The number of aliphatic hydroxyl groups is 1. The molecule has 0 aliphatic carbocycles. The van der Waals surface area contributed by atoms with Crippen LogP contribution >= 0.6 is 0 Å². The second-order valence-corrected chi connectivity index (χ2v) is 7.23. The van der Waals surface area contributed by atoms with Crippen LogP contribution in [0.15, 0.2) is 72.5 Å². The third-order valence-corrected chi connectivity index (χ3v) is 4.17. The zero-order valence-corrected chi connectivity index (χ0v) is 19.2. The zero-order chi connectivity index (χ0) is 22.6. The van der Waals surface area contributed by atoms with Crippen LogP contribution in [0.5, 0.6) is 0 Å². The first-order valence-corrected chi connectivity index (χ1v) is 10.6. The van der Waals surface area contributed by atoms with Gasteiger partial charge in [0.2, 0.25) is 5.91 Å². The van der Waals surface area contributed by atoms with Crippen LogP contribution in [-0.4, -0.2) is 31.3 Å². The molecular formula is C26H39NO3. The van der Waals surface area contributed by atoms with Crippen molar-refractivity contribution in [2.75, 3.05) is 20.3 Å². The van der Waals surface area contributed by atoms with Crippen molar-refractivity contribution in [3.8, 4) is 0 Å². The summed E-state index contributed by atoms with van der Waals surface area (Å²) >= 11 is 0. The molecule has 0 aliphatic heterocycles. The quantitative estimate of drug-likeness (QED) is 0.420. The van der Waals surface area contributed by atoms with E-state index in [1.165, 1.54) is 11.1 Å². The lowest BCUT2D eigenvalue weighted by atomic mass is 10.0. The molecule has 0 fully saturated rings. The number of aliphatic hydroxyl groups excluding tert-OH is 1. The Balaban J connectivity index is 0.000000464. The van der Waals surface area contributed by atoms with E-state index in [-0.39, 0.29) is 11.8 Å². The van der Waals surface area contributed by atoms with Crippen molar-refractivity contribution in [2.24, 2.45) is 5.92 Å². The Kier molecular flexibility index (Phi) is 16.8. The summed E-state index contributed by atoms with van der Waals surface area (Å²) in [4.78, 5) is 11.3. The number of amides is 1. The fraction of sp³-hybridized carbons (Fsp3) is 0.423. The number of aryl methyl sites for hydroxylation is 2. The minimum Gasteiger partial charge on any atom is -0.513 e. The lowest BCUT2D eigenvalue weighted by Gasteiger charge is -2.09. The normalized spacial score (nSPS) is 11.3. The van der Waals surface area contributed by atoms with Crippen LogP contribution in [0.3, 0.4) is 0 Å². The van der Waals surface area contributed by atoms with Gasteiger partial charge in [0.1, 0.15) is 0 Å². The van der Waals surface area contributed by atoms with Crippen molar-refractivity contribution >= 4 is 5.91 Å². The van der Waals surface area contributed by atoms with Gasteiger partial charge in [0, 0.05) is 20.1 Å². The van der Waals surface area contributed by atoms with E-state index >= 15 is 0 Å². The average molecular weight is 414 g/mol. The number of hydrogen-bond acceptors (Lipinski definition) is 3. The minimum absolute atomic E-state index is 0.0311. The highest BCUT2D eigenvalue weighted by Crippen LogP contribution is 2.09. The van der Waals surface area contributed by atoms with Gasteiger partial charge in [-0.05, 0) is 44.2 Å². The summed E-state index contributed by atoms with van der Waals surface area (Å²) in [7, 11) is 1.60. The second kappa shape index (κ2) is 18.4. The van der Waals surface area contributed by atoms with Gasteiger partial charge < -0.3 is 15.2 Å². The fourth-order valence-corrected chi connectivity index (χ4v) is 2.38. The van der Waals surface area contributed by atoms with Gasteiger partial charge in [-0.3, -0.25) is 4.79 Å². The average Bonchev–Trinajstić information content (AvgIpc) is 2.74. The van der Waals surface area contributed by atoms with E-state index in [0.717, 1.165) is 12.8 Å². The second-order valence-electron chi connectivity index (χ2n) is 7.23. The van der Waals surface area contributed by atoms with E-state index in [1.807, 2.05) is 31.2 Å². The molecule has 4 heteroatoms. The molecule has 2 rings (SSSR count). The zero-order valence-electron chi connectivity index (χ0n) is 19.2. The maximum atomic E-state index is 11.3. The lowest BCUT2D eigenvalue weighted by molar-refractivity contribution is -0.122. The Morgan fingerprint density at radius 2 is 1.67 bits per heavy atom. The highest BCUT2D eigenvalue weighted by molar-refractivity contribution is 5.76. The van der Waals surface area contributed by atoms with Crippen molar-refractivity contribution in [1.29, 1.82) is 0 Å². The Morgan fingerprint density at radius 3 is 2.07 bits per heavy atom. The van der Waals surface area contributed by atoms with Crippen LogP contribution in [-0.2, 0) is 16.0 Å². The topological polar surface area (TPSA) is 58.6 Å². The first-order chi connectivity index (χ1) is 14.4. The van der Waals surface area contributed by atoms with Crippen molar-refractivity contribution < 1.29 is 14.6 Å². The van der Waals surface area contributed by atoms with E-state index in [0.29, 0.717) is 25.3 Å². The first-order valence-electron chi connectivity index (χ1n) is 10.6. The molecule has 0 heterocycles. The molecular weight excluding hydrogens is 374 g/mol. The lowest BCUT2D eigenvalue weighted by Crippen LogP contribution is -2.28. The van der Waals surface area contributed by atoms with Crippen LogP contribution in [0, 0.1) is 12.8 Å². The van der Waals surface area contributed by atoms with Gasteiger partial charge in [-0.2, -0.15) is 0 Å². The van der Waals surface area contributed by atoms with E-state index in [2.05, 4.69) is 55.6 Å². The Hall–Kier alpha value is -2.59. The van der Waals surface area contributed by atoms with Gasteiger partial charge in [-0.1, -0.05) is 80.1 Å². The van der Waals surface area contributed by atoms with Crippen LogP contribution in [0.1, 0.15) is 44.7 Å². The van der Waals surface area contributed by atoms with Crippen molar-refractivity contribution in [3.63, 3.8) is 0 Å². The molecule has 2 aromatic rings. The van der Waals surface area contributed by atoms with Crippen LogP contribution in [0.2, 0.25) is 0 Å². The van der Waals surface area contributed by atoms with E-state index in [4.69, 9.17) is 9.84 Å². The smallest absolute Gasteiger partial charge is 0.220 e. The molecule has 1 atom stereocenters. The summed E-state index contributed by atoms with van der Waals surface area (Å²) in [5.41, 5.74) is 2.73. The SMILES string of the molecule is CCc1ccccc1.COCCNC(=O)CC(C)C/C=C(\C)O.Cc1ccccc1. The number of ether oxygens (including phenoxy) is 1. The molecule has 0 aromatic heterocycles. The van der Waals surface area contributed by atoms with Crippen LogP contribution in [0.25, 0.3) is 0 Å². The Bertz CT molecular complexity index is 680. The number of nitrogens with one attached hydrogen (secondary N) is 1. The third kappa shape index (κ3) is 17.5. The molecule has 2 N–H and O–H groups in total. The highest BCUT2D eigenvalue weighted by atomic mass is 16.5. The molecule has 0 saturated heterocycles. The van der Waals surface area contributed by atoms with Gasteiger partial charge in [-0.25, -0.2) is 0 Å². The molecule has 0 aliphatic rings. The molecule has 0 radical (unpaired) electrons. The molecule has 0 bridgehead atoms. The van der Waals surface area contributed by atoms with Crippen molar-refractivity contribution in [2.45, 2.75) is 47.0 Å². The number of rotatable bonds is 8. The summed E-state index contributed by atoms with van der Waals surface area (Å²) in [5, 5.41) is 11.7. The number of allylic oxidation sites excluding steroid dienone is 2. The van der Waals surface area contributed by atoms with Gasteiger partial charge in [0.05, 0.1) is 12.4 Å². The van der Waals surface area contributed by atoms with Gasteiger partial charge >= 0.3 is 0 Å². The molecule has 1 amide bonds. The van der Waals surface area contributed by atoms with Crippen molar-refractivity contribution in [1.82, 2.24) is 5.32 Å². The molecule has 4 nitrogen and oxygen atoms in total. The Morgan fingerprint density at radius 1 is 1.10 bits per heavy atom. The Labute approximate surface area is 183 Å². The monoisotopic (exact) mass is 413 g/mol. The summed E-state index contributed by atoms with van der Waals surface area (Å²) in [6.45, 7) is 8.95. The fourth-order valence-electron chi connectivity index (χ4n) is 2.38. The molecule has 2 aromatic carbocycles. The largest absolute Gasteiger partial charge is 0.513 e. The van der Waals surface area contributed by atoms with Crippen LogP contribution < -0.4 is 5.32 Å². The van der Waals surface area contributed by atoms with E-state index in [1.54, 1.807) is 20.1 Å². The van der Waals surface area contributed by atoms with Gasteiger partial charge in [0.15, 0.2) is 0 Å². The summed E-state index contributed by atoms with van der Waals surface area (Å²) < 4.78 is 4.82. The first kappa shape index (κ1) is 27.4. The van der Waals surface area contributed by atoms with Crippen LogP contribution in [0.4, 0.5) is 0 Å². The number of carbonyl (C=O) groups is 1. The number of carbonyl (C=O) groups excluding carboxylic acids is 1. The van der Waals surface area contributed by atoms with Crippen molar-refractivity contribution in [3.05, 3.63) is 83.6 Å². The van der Waals surface area contributed by atoms with Gasteiger partial charge in [-0.15, -0.1) is 0 Å². The number of benzene rings is 2. The number of methoxy groups -OCH3 is 1. The highest BCUT2D eigenvalue weighted by Gasteiger charge is 2.07. The van der Waals surface area contributed by atoms with E-state index in [9.17, 15) is 4.79 Å². The molecule has 0 saturated carbocycles. The van der Waals surface area contributed by atoms with E-state index < -0.39 is 0 Å². The summed E-state index contributed by atoms with van der Waals surface area (Å²) in [5.74, 6) is 0.583. The standard InChI is InChI=1S/C11H21NO3.C8H10.C7H8/c1-9(4-5-10(2)13)8-11(14)12-6-7-15-3;1-2-8-6-4-3-5-7-8;1-7-5-3-2-4-6-7/h5,9,13H,4,6-8H2,1-3H3,(H,12,14);3-7H,2H2,1H3;2-6H,1H3/b10-5+;;. The molecule has 0 spiro atoms. The molecule has 30 heavy (non-hydrogen) atoms.